The van der Waals surface area contributed by atoms with Crippen LogP contribution in [-0.2, 0) is 10.0 Å². The van der Waals surface area contributed by atoms with Crippen LogP contribution in [-0.4, -0.2) is 59.0 Å². The van der Waals surface area contributed by atoms with Crippen molar-refractivity contribution in [2.24, 2.45) is 0 Å². The predicted octanol–water partition coefficient (Wildman–Crippen LogP) is 4.51. The summed E-state index contributed by atoms with van der Waals surface area (Å²) in [5.41, 5.74) is 4.29. The monoisotopic (exact) mass is 686 g/mol. The van der Waals surface area contributed by atoms with Crippen molar-refractivity contribution >= 4 is 15.8 Å². The Morgan fingerprint density at radius 1 is 0.773 bits per heavy atom. The molecule has 0 aliphatic carbocycles. The largest absolute Gasteiger partial charge is 1.00 e. The minimum atomic E-state index is -3.65. The van der Waals surface area contributed by atoms with E-state index in [4.69, 9.17) is 4.74 Å². The fraction of sp³-hybridized carbons (Fsp3) is 0.472. The summed E-state index contributed by atoms with van der Waals surface area (Å²) in [5, 5.41) is 0. The Balaban J connectivity index is 0.00000675. The molecule has 3 rings (SSSR count). The summed E-state index contributed by atoms with van der Waals surface area (Å²) in [7, 11) is 0.681. The van der Waals surface area contributed by atoms with Crippen LogP contribution < -0.4 is 26.4 Å². The third-order valence-electron chi connectivity index (χ3n) is 7.91. The first kappa shape index (κ1) is 37.7. The number of nitrogens with one attached hydrogen (secondary N) is 1. The van der Waals surface area contributed by atoms with Gasteiger partial charge in [-0.3, -0.25) is 4.79 Å². The van der Waals surface area contributed by atoms with Crippen LogP contribution in [0.1, 0.15) is 105 Å². The zero-order chi connectivity index (χ0) is 31.8. The van der Waals surface area contributed by atoms with E-state index >= 15 is 0 Å². The van der Waals surface area contributed by atoms with E-state index in [1.807, 2.05) is 42.5 Å². The Bertz CT molecular complexity index is 1420. The number of nitrogens with zero attached hydrogens (tertiary/aromatic N) is 1. The van der Waals surface area contributed by atoms with Crippen molar-refractivity contribution in [3.05, 3.63) is 94.5 Å². The van der Waals surface area contributed by atoms with Crippen LogP contribution in [0, 0.1) is 0 Å². The van der Waals surface area contributed by atoms with E-state index in [0.717, 1.165) is 47.3 Å². The number of benzene rings is 3. The lowest BCUT2D eigenvalue weighted by Crippen LogP contribution is -3.00. The molecule has 0 saturated carbocycles. The highest BCUT2D eigenvalue weighted by atomic mass is 79.9. The van der Waals surface area contributed by atoms with Gasteiger partial charge in [-0.1, -0.05) is 84.0 Å². The first-order chi connectivity index (χ1) is 20.2. The average molecular weight is 688 g/mol. The molecule has 0 aliphatic heterocycles. The van der Waals surface area contributed by atoms with Gasteiger partial charge in [0.1, 0.15) is 5.75 Å². The molecule has 0 amide bonds. The van der Waals surface area contributed by atoms with Gasteiger partial charge in [0.2, 0.25) is 10.0 Å². The van der Waals surface area contributed by atoms with Crippen LogP contribution >= 0.6 is 0 Å². The molecule has 0 heterocycles. The Morgan fingerprint density at radius 2 is 1.30 bits per heavy atom. The van der Waals surface area contributed by atoms with E-state index < -0.39 is 10.0 Å². The molecule has 0 spiro atoms. The number of rotatable bonds is 16. The highest BCUT2D eigenvalue weighted by molar-refractivity contribution is 7.89. The zero-order valence-corrected chi connectivity index (χ0v) is 30.1. The Kier molecular flexibility index (Phi) is 14.3. The molecule has 0 bridgehead atoms. The maximum atomic E-state index is 13.6. The molecule has 44 heavy (non-hydrogen) atoms. The quantitative estimate of drug-likeness (QED) is 0.137. The standard InChI is InChI=1S/C36H51N2O4S.BrH/c1-26(2)31-24-33(27(3)4)36(34(25-31)28(5)6)43(40,41)37-20-12-21-38(7,8)22-13-23-42-32-18-16-30(17-19-32)35(39)29-14-10-9-11-15-29;/h9-11,14-19,24-28,37H,12-13,20-23H2,1-8H3;1H/q+1;/p-1. The molecule has 0 atom stereocenters. The van der Waals surface area contributed by atoms with Crippen LogP contribution in [0.15, 0.2) is 71.6 Å². The van der Waals surface area contributed by atoms with Crippen LogP contribution in [0.2, 0.25) is 0 Å². The first-order valence-electron chi connectivity index (χ1n) is 15.5. The Hall–Kier alpha value is -2.52. The van der Waals surface area contributed by atoms with Gasteiger partial charge in [0, 0.05) is 30.5 Å². The number of halogens is 1. The molecule has 3 aromatic carbocycles. The highest BCUT2D eigenvalue weighted by Crippen LogP contribution is 2.35. The molecular weight excluding hydrogens is 636 g/mol. The number of hydrogen-bond donors (Lipinski definition) is 1. The Labute approximate surface area is 276 Å². The van der Waals surface area contributed by atoms with E-state index in [9.17, 15) is 13.2 Å². The summed E-state index contributed by atoms with van der Waals surface area (Å²) >= 11 is 0. The van der Waals surface area contributed by atoms with Gasteiger partial charge in [-0.2, -0.15) is 0 Å². The smallest absolute Gasteiger partial charge is 0.241 e. The number of carbonyl (C=O) groups is 1. The molecule has 0 aliphatic rings. The summed E-state index contributed by atoms with van der Waals surface area (Å²) < 4.78 is 36.8. The summed E-state index contributed by atoms with van der Waals surface area (Å²) in [6.45, 7) is 15.3. The molecule has 0 unspecified atom stereocenters. The number of sulfonamides is 1. The maximum Gasteiger partial charge on any atom is 0.241 e. The summed E-state index contributed by atoms with van der Waals surface area (Å²) in [6.07, 6.45) is 1.60. The van der Waals surface area contributed by atoms with E-state index in [1.54, 1.807) is 12.1 Å². The number of carbonyl (C=O) groups excluding carboxylic acids is 1. The molecule has 6 nitrogen and oxygen atoms in total. The average Bonchev–Trinajstić information content (AvgIpc) is 2.97. The molecule has 0 saturated heterocycles. The van der Waals surface area contributed by atoms with Crippen molar-refractivity contribution in [1.29, 1.82) is 0 Å². The van der Waals surface area contributed by atoms with Gasteiger partial charge in [-0.15, -0.1) is 0 Å². The maximum absolute atomic E-state index is 13.6. The van der Waals surface area contributed by atoms with Crippen molar-refractivity contribution in [1.82, 2.24) is 4.72 Å². The number of hydrogen-bond acceptors (Lipinski definition) is 4. The predicted molar refractivity (Wildman–Crippen MR) is 177 cm³/mol. The second-order valence-corrected chi connectivity index (χ2v) is 14.8. The van der Waals surface area contributed by atoms with Gasteiger partial charge in [-0.05, 0) is 58.7 Å². The molecule has 3 aromatic rings. The lowest BCUT2D eigenvalue weighted by Gasteiger charge is -2.30. The lowest BCUT2D eigenvalue weighted by molar-refractivity contribution is -0.890. The van der Waals surface area contributed by atoms with E-state index in [1.165, 1.54) is 5.56 Å². The molecule has 1 N–H and O–H groups in total. The third-order valence-corrected chi connectivity index (χ3v) is 9.50. The fourth-order valence-electron chi connectivity index (χ4n) is 5.24. The van der Waals surface area contributed by atoms with E-state index in [-0.39, 0.29) is 34.6 Å². The van der Waals surface area contributed by atoms with Crippen molar-refractivity contribution in [3.63, 3.8) is 0 Å². The fourth-order valence-corrected chi connectivity index (χ4v) is 7.01. The number of ether oxygens (including phenoxy) is 1. The summed E-state index contributed by atoms with van der Waals surface area (Å²) in [6, 6.07) is 20.7. The van der Waals surface area contributed by atoms with E-state index in [2.05, 4.69) is 72.5 Å². The van der Waals surface area contributed by atoms with Gasteiger partial charge in [0.05, 0.1) is 38.7 Å². The molecule has 0 aromatic heterocycles. The van der Waals surface area contributed by atoms with Crippen molar-refractivity contribution < 1.29 is 39.4 Å². The van der Waals surface area contributed by atoms with Gasteiger partial charge >= 0.3 is 0 Å². The molecule has 0 fully saturated rings. The van der Waals surface area contributed by atoms with Crippen molar-refractivity contribution in [2.75, 3.05) is 40.3 Å². The van der Waals surface area contributed by atoms with Crippen molar-refractivity contribution in [3.8, 4) is 5.75 Å². The van der Waals surface area contributed by atoms with Gasteiger partial charge in [-0.25, -0.2) is 13.1 Å². The minimum Gasteiger partial charge on any atom is -1.00 e. The van der Waals surface area contributed by atoms with Crippen molar-refractivity contribution in [2.45, 2.75) is 77.0 Å². The van der Waals surface area contributed by atoms with E-state index in [0.29, 0.717) is 35.1 Å². The number of quaternary nitrogens is 1. The molecule has 0 radical (unpaired) electrons. The van der Waals surface area contributed by atoms with Crippen LogP contribution in [0.3, 0.4) is 0 Å². The third kappa shape index (κ3) is 10.5. The molecule has 8 heteroatoms. The first-order valence-corrected chi connectivity index (χ1v) is 17.0. The second-order valence-electron chi connectivity index (χ2n) is 13.0. The van der Waals surface area contributed by atoms with Crippen LogP contribution in [0.25, 0.3) is 0 Å². The van der Waals surface area contributed by atoms with Gasteiger partial charge in [0.15, 0.2) is 5.78 Å². The SMILES string of the molecule is CC(C)c1cc(C(C)C)c(S(=O)(=O)NCCC[N+](C)(C)CCCOc2ccc(C(=O)c3ccccc3)cc2)c(C(C)C)c1.[Br-]. The normalized spacial score (nSPS) is 12.1. The van der Waals surface area contributed by atoms with Crippen LogP contribution in [0.5, 0.6) is 5.75 Å². The molecular formula is C36H51BrN2O4S. The zero-order valence-electron chi connectivity index (χ0n) is 27.7. The highest BCUT2D eigenvalue weighted by Gasteiger charge is 2.27. The Morgan fingerprint density at radius 3 is 1.82 bits per heavy atom. The second kappa shape index (κ2) is 16.7. The van der Waals surface area contributed by atoms with Crippen LogP contribution in [0.4, 0.5) is 0 Å². The number of ketones is 1. The lowest BCUT2D eigenvalue weighted by atomic mass is 9.89. The molecule has 242 valence electrons. The summed E-state index contributed by atoms with van der Waals surface area (Å²) in [5.74, 6) is 1.29. The van der Waals surface area contributed by atoms with Gasteiger partial charge < -0.3 is 26.2 Å². The summed E-state index contributed by atoms with van der Waals surface area (Å²) in [4.78, 5) is 13.1. The van der Waals surface area contributed by atoms with Gasteiger partial charge in [0.25, 0.3) is 0 Å². The topological polar surface area (TPSA) is 72.5 Å². The minimum absolute atomic E-state index is 0.